The maximum Gasteiger partial charge on any atom is 0.224 e. The van der Waals surface area contributed by atoms with Crippen molar-refractivity contribution in [2.24, 2.45) is 0 Å². The summed E-state index contributed by atoms with van der Waals surface area (Å²) >= 11 is 5.69. The summed E-state index contributed by atoms with van der Waals surface area (Å²) in [5.41, 5.74) is 1.98. The lowest BCUT2D eigenvalue weighted by molar-refractivity contribution is 0.167. The molecule has 0 bridgehead atoms. The zero-order valence-electron chi connectivity index (χ0n) is 9.59. The minimum Gasteiger partial charge on any atom is -0.375 e. The van der Waals surface area contributed by atoms with E-state index in [0.29, 0.717) is 19.8 Å². The normalized spacial score (nSPS) is 10.2. The van der Waals surface area contributed by atoms with Gasteiger partial charge in [-0.2, -0.15) is 0 Å². The largest absolute Gasteiger partial charge is 0.375 e. The van der Waals surface area contributed by atoms with Crippen LogP contribution >= 0.6 is 11.6 Å². The van der Waals surface area contributed by atoms with Gasteiger partial charge in [-0.25, -0.2) is 9.97 Å². The topological polar surface area (TPSA) is 47.0 Å². The number of aryl methyl sites for hydroxylation is 1. The van der Waals surface area contributed by atoms with E-state index in [1.54, 1.807) is 6.20 Å². The summed E-state index contributed by atoms with van der Waals surface area (Å²) in [6.45, 7) is 9.49. The smallest absolute Gasteiger partial charge is 0.224 e. The van der Waals surface area contributed by atoms with Gasteiger partial charge in [-0.1, -0.05) is 12.2 Å². The van der Waals surface area contributed by atoms with Crippen LogP contribution in [0.3, 0.4) is 0 Å². The molecule has 0 unspecified atom stereocenters. The van der Waals surface area contributed by atoms with Crippen molar-refractivity contribution in [1.29, 1.82) is 0 Å². The lowest BCUT2D eigenvalue weighted by atomic mass is 10.3. The molecule has 0 radical (unpaired) electrons. The highest BCUT2D eigenvalue weighted by Crippen LogP contribution is 2.11. The molecule has 1 aromatic heterocycles. The number of ether oxygens (including phenoxy) is 1. The Morgan fingerprint density at radius 1 is 1.62 bits per heavy atom. The van der Waals surface area contributed by atoms with Crippen LogP contribution in [0.15, 0.2) is 18.3 Å². The van der Waals surface area contributed by atoms with Crippen molar-refractivity contribution in [3.63, 3.8) is 0 Å². The lowest BCUT2D eigenvalue weighted by Gasteiger charge is -2.08. The summed E-state index contributed by atoms with van der Waals surface area (Å²) in [5, 5.41) is 3.38. The lowest BCUT2D eigenvalue weighted by Crippen LogP contribution is -2.12. The number of aromatic nitrogens is 2. The summed E-state index contributed by atoms with van der Waals surface area (Å²) in [6.07, 6.45) is 1.69. The number of nitrogens with zero attached hydrogens (tertiary/aromatic N) is 2. The molecule has 0 aliphatic rings. The molecule has 0 saturated carbocycles. The quantitative estimate of drug-likeness (QED) is 0.472. The van der Waals surface area contributed by atoms with E-state index in [1.165, 1.54) is 0 Å². The number of rotatable bonds is 6. The maximum atomic E-state index is 5.69. The SMILES string of the molecule is C=C(C)COCCNc1nc(Cl)ncc1C. The van der Waals surface area contributed by atoms with Crippen molar-refractivity contribution in [2.45, 2.75) is 13.8 Å². The van der Waals surface area contributed by atoms with E-state index in [2.05, 4.69) is 21.9 Å². The Labute approximate surface area is 101 Å². The van der Waals surface area contributed by atoms with Gasteiger partial charge >= 0.3 is 0 Å². The van der Waals surface area contributed by atoms with Gasteiger partial charge in [0.2, 0.25) is 5.28 Å². The number of nitrogens with one attached hydrogen (secondary N) is 1. The molecule has 0 aliphatic carbocycles. The Kier molecular flexibility index (Phi) is 5.22. The molecule has 0 saturated heterocycles. The van der Waals surface area contributed by atoms with Crippen molar-refractivity contribution < 1.29 is 4.74 Å². The zero-order chi connectivity index (χ0) is 12.0. The molecule has 1 heterocycles. The Balaban J connectivity index is 2.31. The first-order chi connectivity index (χ1) is 7.59. The van der Waals surface area contributed by atoms with E-state index in [-0.39, 0.29) is 5.28 Å². The van der Waals surface area contributed by atoms with Crippen molar-refractivity contribution >= 4 is 17.4 Å². The molecule has 0 atom stereocenters. The van der Waals surface area contributed by atoms with Crippen LogP contribution in [0.4, 0.5) is 5.82 Å². The molecule has 88 valence electrons. The molecule has 16 heavy (non-hydrogen) atoms. The van der Waals surface area contributed by atoms with Gasteiger partial charge in [0.1, 0.15) is 5.82 Å². The van der Waals surface area contributed by atoms with Crippen LogP contribution < -0.4 is 5.32 Å². The van der Waals surface area contributed by atoms with Gasteiger partial charge in [-0.05, 0) is 25.4 Å². The number of halogens is 1. The van der Waals surface area contributed by atoms with Crippen LogP contribution in [0, 0.1) is 6.92 Å². The minimum atomic E-state index is 0.246. The first kappa shape index (κ1) is 12.9. The molecule has 0 spiro atoms. The van der Waals surface area contributed by atoms with Crippen molar-refractivity contribution in [3.8, 4) is 0 Å². The van der Waals surface area contributed by atoms with Gasteiger partial charge in [0.15, 0.2) is 0 Å². The fourth-order valence-corrected chi connectivity index (χ4v) is 1.22. The van der Waals surface area contributed by atoms with Gasteiger partial charge < -0.3 is 10.1 Å². The van der Waals surface area contributed by atoms with Gasteiger partial charge in [0, 0.05) is 18.3 Å². The molecule has 5 heteroatoms. The highest BCUT2D eigenvalue weighted by Gasteiger charge is 2.00. The second-order valence-corrected chi connectivity index (χ2v) is 3.95. The fourth-order valence-electron chi connectivity index (χ4n) is 1.09. The molecule has 4 nitrogen and oxygen atoms in total. The average molecular weight is 242 g/mol. The summed E-state index contributed by atoms with van der Waals surface area (Å²) in [5.74, 6) is 0.749. The van der Waals surface area contributed by atoms with Crippen LogP contribution in [0.1, 0.15) is 12.5 Å². The Morgan fingerprint density at radius 3 is 3.06 bits per heavy atom. The van der Waals surface area contributed by atoms with E-state index < -0.39 is 0 Å². The third-order valence-electron chi connectivity index (χ3n) is 1.83. The van der Waals surface area contributed by atoms with Crippen molar-refractivity contribution in [2.75, 3.05) is 25.1 Å². The standard InChI is InChI=1S/C11H16ClN3O/c1-8(2)7-16-5-4-13-10-9(3)6-14-11(12)15-10/h6H,1,4-5,7H2,2-3H3,(H,13,14,15). The summed E-state index contributed by atoms with van der Waals surface area (Å²) < 4.78 is 5.35. The summed E-state index contributed by atoms with van der Waals surface area (Å²) in [4.78, 5) is 7.95. The first-order valence-electron chi connectivity index (χ1n) is 5.04. The summed E-state index contributed by atoms with van der Waals surface area (Å²) in [6, 6.07) is 0. The van der Waals surface area contributed by atoms with Crippen molar-refractivity contribution in [1.82, 2.24) is 9.97 Å². The average Bonchev–Trinajstić information content (AvgIpc) is 2.22. The molecule has 1 rings (SSSR count). The highest BCUT2D eigenvalue weighted by molar-refractivity contribution is 6.28. The van der Waals surface area contributed by atoms with Gasteiger partial charge in [-0.15, -0.1) is 0 Å². The Hall–Kier alpha value is -1.13. The van der Waals surface area contributed by atoms with Crippen LogP contribution in [-0.2, 0) is 4.74 Å². The van der Waals surface area contributed by atoms with E-state index in [1.807, 2.05) is 13.8 Å². The minimum absolute atomic E-state index is 0.246. The van der Waals surface area contributed by atoms with E-state index in [0.717, 1.165) is 17.0 Å². The predicted molar refractivity (Wildman–Crippen MR) is 65.9 cm³/mol. The monoisotopic (exact) mass is 241 g/mol. The second-order valence-electron chi connectivity index (χ2n) is 3.61. The molecule has 0 fully saturated rings. The summed E-state index contributed by atoms with van der Waals surface area (Å²) in [7, 11) is 0. The Bertz CT molecular complexity index is 368. The van der Waals surface area contributed by atoms with E-state index in [4.69, 9.17) is 16.3 Å². The molecule has 0 amide bonds. The third kappa shape index (κ3) is 4.59. The van der Waals surface area contributed by atoms with Gasteiger partial charge in [0.25, 0.3) is 0 Å². The molecule has 0 aliphatic heterocycles. The first-order valence-corrected chi connectivity index (χ1v) is 5.42. The highest BCUT2D eigenvalue weighted by atomic mass is 35.5. The van der Waals surface area contributed by atoms with Gasteiger partial charge in [0.05, 0.1) is 13.2 Å². The van der Waals surface area contributed by atoms with Crippen LogP contribution in [-0.4, -0.2) is 29.7 Å². The molecule has 0 aromatic carbocycles. The van der Waals surface area contributed by atoms with Crippen LogP contribution in [0.2, 0.25) is 5.28 Å². The zero-order valence-corrected chi connectivity index (χ0v) is 10.3. The second kappa shape index (κ2) is 6.45. The number of hydrogen-bond donors (Lipinski definition) is 1. The van der Waals surface area contributed by atoms with Gasteiger partial charge in [-0.3, -0.25) is 0 Å². The van der Waals surface area contributed by atoms with Crippen LogP contribution in [0.25, 0.3) is 0 Å². The van der Waals surface area contributed by atoms with Crippen LogP contribution in [0.5, 0.6) is 0 Å². The van der Waals surface area contributed by atoms with Crippen molar-refractivity contribution in [3.05, 3.63) is 29.2 Å². The van der Waals surface area contributed by atoms with E-state index in [9.17, 15) is 0 Å². The molecule has 1 N–H and O–H groups in total. The predicted octanol–water partition coefficient (Wildman–Crippen LogP) is 2.44. The number of anilines is 1. The molecular weight excluding hydrogens is 226 g/mol. The third-order valence-corrected chi connectivity index (χ3v) is 2.01. The Morgan fingerprint density at radius 2 is 2.38 bits per heavy atom. The number of hydrogen-bond acceptors (Lipinski definition) is 4. The molecular formula is C11H16ClN3O. The fraction of sp³-hybridized carbons (Fsp3) is 0.455. The molecule has 1 aromatic rings. The maximum absolute atomic E-state index is 5.69. The van der Waals surface area contributed by atoms with E-state index >= 15 is 0 Å².